The molecular weight excluding hydrogens is 339 g/mol. The average molecular weight is 354 g/mol. The van der Waals surface area contributed by atoms with Crippen LogP contribution in [-0.4, -0.2) is 23.4 Å². The van der Waals surface area contributed by atoms with Crippen molar-refractivity contribution in [3.8, 4) is 6.07 Å². The van der Waals surface area contributed by atoms with Crippen LogP contribution in [0.25, 0.3) is 0 Å². The SMILES string of the molecule is N#CCN(C(=O)c1ccccc1I)C1CCCC1. The first kappa shape index (κ1) is 13.3. The molecule has 1 saturated carbocycles. The van der Waals surface area contributed by atoms with Crippen molar-refractivity contribution in [2.75, 3.05) is 6.54 Å². The lowest BCUT2D eigenvalue weighted by Crippen LogP contribution is -2.39. The molecule has 0 aliphatic heterocycles. The number of rotatable bonds is 3. The molecule has 2 rings (SSSR count). The van der Waals surface area contributed by atoms with Crippen LogP contribution in [0, 0.1) is 14.9 Å². The topological polar surface area (TPSA) is 44.1 Å². The number of amides is 1. The van der Waals surface area contributed by atoms with Crippen LogP contribution < -0.4 is 0 Å². The lowest BCUT2D eigenvalue weighted by molar-refractivity contribution is 0.0708. The number of carbonyl (C=O) groups excluding carboxylic acids is 1. The molecule has 1 aromatic rings. The molecule has 0 radical (unpaired) electrons. The molecular formula is C14H15IN2O. The lowest BCUT2D eigenvalue weighted by atomic mass is 10.1. The summed E-state index contributed by atoms with van der Waals surface area (Å²) in [6.07, 6.45) is 4.37. The van der Waals surface area contributed by atoms with E-state index in [9.17, 15) is 4.79 Å². The zero-order valence-electron chi connectivity index (χ0n) is 10.1. The van der Waals surface area contributed by atoms with E-state index >= 15 is 0 Å². The number of carbonyl (C=O) groups is 1. The van der Waals surface area contributed by atoms with E-state index in [0.29, 0.717) is 5.56 Å². The summed E-state index contributed by atoms with van der Waals surface area (Å²) in [5, 5.41) is 8.92. The van der Waals surface area contributed by atoms with Crippen molar-refractivity contribution in [2.24, 2.45) is 0 Å². The highest BCUT2D eigenvalue weighted by Gasteiger charge is 2.27. The summed E-state index contributed by atoms with van der Waals surface area (Å²) in [4.78, 5) is 14.3. The number of hydrogen-bond acceptors (Lipinski definition) is 2. The van der Waals surface area contributed by atoms with Crippen LogP contribution in [0.5, 0.6) is 0 Å². The monoisotopic (exact) mass is 354 g/mol. The maximum absolute atomic E-state index is 12.5. The Morgan fingerprint density at radius 2 is 2.06 bits per heavy atom. The van der Waals surface area contributed by atoms with E-state index < -0.39 is 0 Å². The Morgan fingerprint density at radius 3 is 2.67 bits per heavy atom. The average Bonchev–Trinajstić information content (AvgIpc) is 2.89. The van der Waals surface area contributed by atoms with Crippen LogP contribution >= 0.6 is 22.6 Å². The van der Waals surface area contributed by atoms with Gasteiger partial charge in [-0.05, 0) is 47.6 Å². The zero-order valence-corrected chi connectivity index (χ0v) is 12.3. The molecule has 1 amide bonds. The third-order valence-corrected chi connectivity index (χ3v) is 4.31. The van der Waals surface area contributed by atoms with E-state index in [1.807, 2.05) is 24.3 Å². The van der Waals surface area contributed by atoms with Crippen LogP contribution in [0.2, 0.25) is 0 Å². The molecule has 1 fully saturated rings. The van der Waals surface area contributed by atoms with E-state index in [1.165, 1.54) is 0 Å². The Bertz CT molecular complexity index is 475. The van der Waals surface area contributed by atoms with Crippen molar-refractivity contribution in [1.29, 1.82) is 5.26 Å². The lowest BCUT2D eigenvalue weighted by Gasteiger charge is -2.26. The van der Waals surface area contributed by atoms with Gasteiger partial charge in [0.05, 0.1) is 11.6 Å². The molecule has 0 heterocycles. The van der Waals surface area contributed by atoms with Gasteiger partial charge in [-0.2, -0.15) is 5.26 Å². The quantitative estimate of drug-likeness (QED) is 0.618. The molecule has 94 valence electrons. The summed E-state index contributed by atoms with van der Waals surface area (Å²) in [6, 6.07) is 9.91. The number of hydrogen-bond donors (Lipinski definition) is 0. The number of benzene rings is 1. The van der Waals surface area contributed by atoms with Crippen molar-refractivity contribution in [2.45, 2.75) is 31.7 Å². The Hall–Kier alpha value is -1.09. The van der Waals surface area contributed by atoms with Gasteiger partial charge in [-0.1, -0.05) is 25.0 Å². The zero-order chi connectivity index (χ0) is 13.0. The predicted octanol–water partition coefficient (Wildman–Crippen LogP) is 3.20. The van der Waals surface area contributed by atoms with E-state index in [2.05, 4.69) is 28.7 Å². The Morgan fingerprint density at radius 1 is 1.39 bits per heavy atom. The van der Waals surface area contributed by atoms with Crippen LogP contribution in [0.15, 0.2) is 24.3 Å². The van der Waals surface area contributed by atoms with E-state index in [1.54, 1.807) is 4.90 Å². The van der Waals surface area contributed by atoms with Crippen LogP contribution in [0.1, 0.15) is 36.0 Å². The Labute approximate surface area is 121 Å². The molecule has 1 aliphatic carbocycles. The summed E-state index contributed by atoms with van der Waals surface area (Å²) in [5.74, 6) is -0.00606. The van der Waals surface area contributed by atoms with Gasteiger partial charge in [0.2, 0.25) is 0 Å². The van der Waals surface area contributed by atoms with Gasteiger partial charge in [0.25, 0.3) is 5.91 Å². The van der Waals surface area contributed by atoms with Gasteiger partial charge < -0.3 is 4.90 Å². The summed E-state index contributed by atoms with van der Waals surface area (Å²) >= 11 is 2.17. The third-order valence-electron chi connectivity index (χ3n) is 3.37. The van der Waals surface area contributed by atoms with Crippen LogP contribution in [-0.2, 0) is 0 Å². The van der Waals surface area contributed by atoms with Gasteiger partial charge in [-0.3, -0.25) is 4.79 Å². The van der Waals surface area contributed by atoms with Crippen molar-refractivity contribution in [3.63, 3.8) is 0 Å². The van der Waals surface area contributed by atoms with Gasteiger partial charge in [0, 0.05) is 9.61 Å². The Balaban J connectivity index is 2.23. The summed E-state index contributed by atoms with van der Waals surface area (Å²) in [6.45, 7) is 0.189. The molecule has 0 N–H and O–H groups in total. The number of nitrogens with zero attached hydrogens (tertiary/aromatic N) is 2. The van der Waals surface area contributed by atoms with Gasteiger partial charge in [0.1, 0.15) is 6.54 Å². The molecule has 1 aliphatic rings. The number of halogens is 1. The third kappa shape index (κ3) is 2.83. The predicted molar refractivity (Wildman–Crippen MR) is 78.1 cm³/mol. The van der Waals surface area contributed by atoms with Crippen LogP contribution in [0.4, 0.5) is 0 Å². The fourth-order valence-electron chi connectivity index (χ4n) is 2.45. The largest absolute Gasteiger partial charge is 0.322 e. The fraction of sp³-hybridized carbons (Fsp3) is 0.429. The van der Waals surface area contributed by atoms with Crippen molar-refractivity contribution in [3.05, 3.63) is 33.4 Å². The highest BCUT2D eigenvalue weighted by atomic mass is 127. The molecule has 1 aromatic carbocycles. The van der Waals surface area contributed by atoms with Crippen molar-refractivity contribution >= 4 is 28.5 Å². The van der Waals surface area contributed by atoms with Crippen LogP contribution in [0.3, 0.4) is 0 Å². The summed E-state index contributed by atoms with van der Waals surface area (Å²) in [5.41, 5.74) is 0.709. The van der Waals surface area contributed by atoms with E-state index in [4.69, 9.17) is 5.26 Å². The first-order valence-corrected chi connectivity index (χ1v) is 7.24. The van der Waals surface area contributed by atoms with Gasteiger partial charge in [-0.15, -0.1) is 0 Å². The molecule has 0 aromatic heterocycles. The summed E-state index contributed by atoms with van der Waals surface area (Å²) in [7, 11) is 0. The molecule has 0 spiro atoms. The highest BCUT2D eigenvalue weighted by molar-refractivity contribution is 14.1. The molecule has 3 nitrogen and oxygen atoms in total. The molecule has 4 heteroatoms. The minimum absolute atomic E-state index is 0.00606. The minimum atomic E-state index is -0.00606. The van der Waals surface area contributed by atoms with Gasteiger partial charge in [0.15, 0.2) is 0 Å². The first-order chi connectivity index (χ1) is 8.74. The molecule has 0 bridgehead atoms. The Kier molecular flexibility index (Phi) is 4.59. The van der Waals surface area contributed by atoms with E-state index in [-0.39, 0.29) is 18.5 Å². The number of nitriles is 1. The second-order valence-corrected chi connectivity index (χ2v) is 5.67. The van der Waals surface area contributed by atoms with Crippen molar-refractivity contribution in [1.82, 2.24) is 4.90 Å². The maximum Gasteiger partial charge on any atom is 0.256 e. The minimum Gasteiger partial charge on any atom is -0.322 e. The second-order valence-electron chi connectivity index (χ2n) is 4.51. The normalized spacial score (nSPS) is 15.3. The molecule has 18 heavy (non-hydrogen) atoms. The highest BCUT2D eigenvalue weighted by Crippen LogP contribution is 2.25. The molecule has 0 unspecified atom stereocenters. The smallest absolute Gasteiger partial charge is 0.256 e. The van der Waals surface area contributed by atoms with Gasteiger partial charge in [-0.25, -0.2) is 0 Å². The standard InChI is InChI=1S/C14H15IN2O/c15-13-8-4-3-7-12(13)14(18)17(10-9-16)11-5-1-2-6-11/h3-4,7-8,11H,1-2,5-6,10H2. The van der Waals surface area contributed by atoms with E-state index in [0.717, 1.165) is 29.3 Å². The second kappa shape index (κ2) is 6.19. The fourth-order valence-corrected chi connectivity index (χ4v) is 3.07. The molecule has 0 atom stereocenters. The maximum atomic E-state index is 12.5. The summed E-state index contributed by atoms with van der Waals surface area (Å²) < 4.78 is 0.945. The molecule has 0 saturated heterocycles. The van der Waals surface area contributed by atoms with Crippen molar-refractivity contribution < 1.29 is 4.79 Å². The van der Waals surface area contributed by atoms with Gasteiger partial charge >= 0.3 is 0 Å². The first-order valence-electron chi connectivity index (χ1n) is 6.16.